The second-order valence-corrected chi connectivity index (χ2v) is 15.1. The second-order valence-electron chi connectivity index (χ2n) is 10.3. The van der Waals surface area contributed by atoms with E-state index in [1.54, 1.807) is 0 Å². The highest BCUT2D eigenvalue weighted by Gasteiger charge is 2.40. The lowest BCUT2D eigenvalue weighted by molar-refractivity contribution is -0.0720. The van der Waals surface area contributed by atoms with Crippen molar-refractivity contribution in [3.8, 4) is 12.3 Å². The Morgan fingerprint density at radius 1 is 0.743 bits per heavy atom. The SMILES string of the molecule is C#CCOC(COC(c1ccccc1)(c1ccccc1)c1ccccc1)CO[Si](C)(C)C(C)(C)C. The smallest absolute Gasteiger partial charge is 0.192 e. The Bertz CT molecular complexity index is 970. The molecule has 3 nitrogen and oxygen atoms in total. The molecular weight excluding hydrogens is 448 g/mol. The van der Waals surface area contributed by atoms with Crippen LogP contribution in [0.4, 0.5) is 0 Å². The van der Waals surface area contributed by atoms with Crippen LogP contribution < -0.4 is 0 Å². The van der Waals surface area contributed by atoms with Crippen molar-refractivity contribution in [1.82, 2.24) is 0 Å². The van der Waals surface area contributed by atoms with E-state index in [0.717, 1.165) is 16.7 Å². The van der Waals surface area contributed by atoms with Gasteiger partial charge >= 0.3 is 0 Å². The Kier molecular flexibility index (Phi) is 9.10. The Labute approximate surface area is 212 Å². The molecule has 0 aliphatic heterocycles. The first-order valence-electron chi connectivity index (χ1n) is 12.2. The van der Waals surface area contributed by atoms with Crippen LogP contribution in [0.5, 0.6) is 0 Å². The predicted molar refractivity (Wildman–Crippen MR) is 147 cm³/mol. The minimum absolute atomic E-state index is 0.104. The monoisotopic (exact) mass is 486 g/mol. The minimum Gasteiger partial charge on any atom is -0.414 e. The van der Waals surface area contributed by atoms with Gasteiger partial charge in [0.05, 0.1) is 13.2 Å². The molecule has 0 amide bonds. The molecule has 3 aromatic rings. The van der Waals surface area contributed by atoms with Crippen LogP contribution in [0.3, 0.4) is 0 Å². The lowest BCUT2D eigenvalue weighted by Crippen LogP contribution is -2.44. The van der Waals surface area contributed by atoms with Crippen molar-refractivity contribution in [1.29, 1.82) is 0 Å². The molecule has 1 atom stereocenters. The standard InChI is InChI=1S/C31H38O3Si/c1-7-23-32-29(25-34-35(5,6)30(2,3)4)24-33-31(26-17-11-8-12-18-26,27-19-13-9-14-20-27)28-21-15-10-16-22-28/h1,8-22,29H,23-25H2,2-6H3. The second kappa shape index (κ2) is 11.8. The highest BCUT2D eigenvalue weighted by molar-refractivity contribution is 6.74. The Balaban J connectivity index is 1.99. The molecule has 1 unspecified atom stereocenters. The average Bonchev–Trinajstić information content (AvgIpc) is 2.87. The van der Waals surface area contributed by atoms with Crippen molar-refractivity contribution < 1.29 is 13.9 Å². The van der Waals surface area contributed by atoms with Crippen LogP contribution in [0.2, 0.25) is 18.1 Å². The number of hydrogen-bond donors (Lipinski definition) is 0. The highest BCUT2D eigenvalue weighted by Crippen LogP contribution is 2.41. The summed E-state index contributed by atoms with van der Waals surface area (Å²) in [5, 5.41) is 0.104. The largest absolute Gasteiger partial charge is 0.414 e. The van der Waals surface area contributed by atoms with E-state index in [-0.39, 0.29) is 17.7 Å². The predicted octanol–water partition coefficient (Wildman–Crippen LogP) is 7.04. The summed E-state index contributed by atoms with van der Waals surface area (Å²) in [6.45, 7) is 12.2. The van der Waals surface area contributed by atoms with Crippen LogP contribution in [0.25, 0.3) is 0 Å². The van der Waals surface area contributed by atoms with E-state index in [9.17, 15) is 0 Å². The zero-order valence-electron chi connectivity index (χ0n) is 21.7. The third kappa shape index (κ3) is 6.51. The molecule has 0 radical (unpaired) electrons. The third-order valence-corrected chi connectivity index (χ3v) is 11.4. The topological polar surface area (TPSA) is 27.7 Å². The zero-order valence-corrected chi connectivity index (χ0v) is 22.7. The normalized spacial score (nSPS) is 13.3. The van der Waals surface area contributed by atoms with Gasteiger partial charge in [-0.05, 0) is 34.8 Å². The zero-order chi connectivity index (χ0) is 25.4. The van der Waals surface area contributed by atoms with E-state index in [1.165, 1.54) is 0 Å². The molecule has 0 spiro atoms. The van der Waals surface area contributed by atoms with Crippen LogP contribution in [-0.2, 0) is 19.5 Å². The number of terminal acetylenes is 1. The lowest BCUT2D eigenvalue weighted by atomic mass is 9.80. The number of hydrogen-bond acceptors (Lipinski definition) is 3. The van der Waals surface area contributed by atoms with E-state index in [2.05, 4.69) is 76.2 Å². The van der Waals surface area contributed by atoms with Crippen molar-refractivity contribution in [2.45, 2.75) is 50.6 Å². The highest BCUT2D eigenvalue weighted by atomic mass is 28.4. The maximum Gasteiger partial charge on any atom is 0.192 e. The molecule has 0 heterocycles. The molecule has 0 fully saturated rings. The molecular formula is C31H38O3Si. The molecule has 0 aliphatic carbocycles. The van der Waals surface area contributed by atoms with E-state index >= 15 is 0 Å². The van der Waals surface area contributed by atoms with Gasteiger partial charge < -0.3 is 13.9 Å². The first-order chi connectivity index (χ1) is 16.7. The van der Waals surface area contributed by atoms with Gasteiger partial charge in [-0.2, -0.15) is 0 Å². The maximum absolute atomic E-state index is 6.94. The molecule has 35 heavy (non-hydrogen) atoms. The molecule has 4 heteroatoms. The molecule has 0 N–H and O–H groups in total. The molecule has 0 aromatic heterocycles. The Morgan fingerprint density at radius 3 is 1.54 bits per heavy atom. The van der Waals surface area contributed by atoms with Gasteiger partial charge in [0.2, 0.25) is 0 Å². The molecule has 184 valence electrons. The first kappa shape index (κ1) is 26.9. The van der Waals surface area contributed by atoms with Gasteiger partial charge in [-0.3, -0.25) is 0 Å². The van der Waals surface area contributed by atoms with Gasteiger partial charge in [-0.25, -0.2) is 0 Å². The van der Waals surface area contributed by atoms with E-state index in [0.29, 0.717) is 13.2 Å². The number of ether oxygens (including phenoxy) is 2. The van der Waals surface area contributed by atoms with Crippen molar-refractivity contribution in [3.63, 3.8) is 0 Å². The van der Waals surface area contributed by atoms with Gasteiger partial charge in [0.25, 0.3) is 0 Å². The average molecular weight is 487 g/mol. The quantitative estimate of drug-likeness (QED) is 0.165. The molecule has 0 saturated carbocycles. The summed E-state index contributed by atoms with van der Waals surface area (Å²) in [6.07, 6.45) is 5.24. The first-order valence-corrected chi connectivity index (χ1v) is 15.1. The van der Waals surface area contributed by atoms with Gasteiger partial charge in [0, 0.05) is 0 Å². The van der Waals surface area contributed by atoms with Crippen molar-refractivity contribution in [3.05, 3.63) is 108 Å². The van der Waals surface area contributed by atoms with Crippen LogP contribution in [0.15, 0.2) is 91.0 Å². The fourth-order valence-corrected chi connectivity index (χ4v) is 4.85. The maximum atomic E-state index is 6.94. The Morgan fingerprint density at radius 2 is 1.17 bits per heavy atom. The van der Waals surface area contributed by atoms with Crippen LogP contribution in [-0.4, -0.2) is 34.2 Å². The van der Waals surface area contributed by atoms with Gasteiger partial charge in [0.1, 0.15) is 18.3 Å². The van der Waals surface area contributed by atoms with Crippen molar-refractivity contribution in [2.24, 2.45) is 0 Å². The third-order valence-electron chi connectivity index (χ3n) is 6.87. The summed E-state index contributed by atoms with van der Waals surface area (Å²) >= 11 is 0. The summed E-state index contributed by atoms with van der Waals surface area (Å²) in [5.74, 6) is 2.60. The van der Waals surface area contributed by atoms with Crippen LogP contribution in [0, 0.1) is 12.3 Å². The van der Waals surface area contributed by atoms with Crippen LogP contribution in [0.1, 0.15) is 37.5 Å². The van der Waals surface area contributed by atoms with Gasteiger partial charge in [-0.15, -0.1) is 6.42 Å². The summed E-state index contributed by atoms with van der Waals surface area (Å²) in [4.78, 5) is 0. The summed E-state index contributed by atoms with van der Waals surface area (Å²) < 4.78 is 19.5. The number of benzene rings is 3. The molecule has 0 aliphatic rings. The minimum atomic E-state index is -1.96. The van der Waals surface area contributed by atoms with Crippen molar-refractivity contribution >= 4 is 8.32 Å². The van der Waals surface area contributed by atoms with Crippen molar-refractivity contribution in [2.75, 3.05) is 19.8 Å². The van der Waals surface area contributed by atoms with E-state index < -0.39 is 13.9 Å². The fraction of sp³-hybridized carbons (Fsp3) is 0.355. The van der Waals surface area contributed by atoms with E-state index in [4.69, 9.17) is 20.3 Å². The number of rotatable bonds is 11. The molecule has 3 rings (SSSR count). The molecule has 0 bridgehead atoms. The van der Waals surface area contributed by atoms with Crippen LogP contribution >= 0.6 is 0 Å². The van der Waals surface area contributed by atoms with E-state index in [1.807, 2.05) is 54.6 Å². The summed E-state index contributed by atoms with van der Waals surface area (Å²) in [6, 6.07) is 31.0. The van der Waals surface area contributed by atoms with Gasteiger partial charge in [0.15, 0.2) is 8.32 Å². The molecule has 0 saturated heterocycles. The summed E-state index contributed by atoms with van der Waals surface area (Å²) in [5.41, 5.74) is 2.36. The Hall–Kier alpha value is -2.68. The molecule has 3 aromatic carbocycles. The lowest BCUT2D eigenvalue weighted by Gasteiger charge is -2.39. The fourth-order valence-electron chi connectivity index (χ4n) is 3.81. The van der Waals surface area contributed by atoms with Gasteiger partial charge in [-0.1, -0.05) is 118 Å². The summed E-state index contributed by atoms with van der Waals surface area (Å²) in [7, 11) is -1.96.